The molecule has 0 saturated carbocycles. The summed E-state index contributed by atoms with van der Waals surface area (Å²) in [7, 11) is 1.60. The third-order valence-corrected chi connectivity index (χ3v) is 2.51. The van der Waals surface area contributed by atoms with Crippen molar-refractivity contribution in [1.29, 1.82) is 0 Å². The lowest BCUT2D eigenvalue weighted by molar-refractivity contribution is 0.419. The summed E-state index contributed by atoms with van der Waals surface area (Å²) in [6, 6.07) is 3.54. The van der Waals surface area contributed by atoms with E-state index in [1.807, 2.05) is 0 Å². The third kappa shape index (κ3) is 1.42. The van der Waals surface area contributed by atoms with Crippen LogP contribution in [0.25, 0.3) is 11.0 Å². The number of H-pyrrole nitrogens is 1. The summed E-state index contributed by atoms with van der Waals surface area (Å²) >= 11 is 11.6. The van der Waals surface area contributed by atoms with Crippen molar-refractivity contribution in [2.75, 3.05) is 7.11 Å². The van der Waals surface area contributed by atoms with Gasteiger partial charge in [-0.25, -0.2) is 4.98 Å². The van der Waals surface area contributed by atoms with E-state index in [2.05, 4.69) is 9.97 Å². The molecule has 0 fully saturated rings. The molecule has 0 spiro atoms. The number of aromatic amines is 1. The van der Waals surface area contributed by atoms with E-state index in [1.54, 1.807) is 19.2 Å². The zero-order valence-electron chi connectivity index (χ0n) is 7.47. The fourth-order valence-corrected chi connectivity index (χ4v) is 1.64. The molecule has 0 atom stereocenters. The highest BCUT2D eigenvalue weighted by Gasteiger charge is 2.10. The van der Waals surface area contributed by atoms with E-state index >= 15 is 0 Å². The average Bonchev–Trinajstić information content (AvgIpc) is 2.63. The minimum Gasteiger partial charge on any atom is -0.494 e. The Kier molecular flexibility index (Phi) is 2.52. The number of fused-ring (bicyclic) bond motifs is 1. The maximum Gasteiger partial charge on any atom is 0.144 e. The Morgan fingerprint density at radius 3 is 2.93 bits per heavy atom. The molecule has 0 amide bonds. The molecule has 1 aromatic heterocycles. The molecule has 5 heteroatoms. The largest absolute Gasteiger partial charge is 0.494 e. The minimum atomic E-state index is 0.328. The van der Waals surface area contributed by atoms with Gasteiger partial charge in [0.1, 0.15) is 22.6 Å². The Labute approximate surface area is 91.0 Å². The number of ether oxygens (including phenoxy) is 1. The highest BCUT2D eigenvalue weighted by atomic mass is 35.5. The van der Waals surface area contributed by atoms with Crippen molar-refractivity contribution < 1.29 is 4.74 Å². The SMILES string of the molecule is COc1ccc(Cl)c2nc(CCl)[nH]c12. The molecule has 0 saturated heterocycles. The fourth-order valence-electron chi connectivity index (χ4n) is 1.32. The number of alkyl halides is 1. The molecule has 0 bridgehead atoms. The van der Waals surface area contributed by atoms with E-state index in [0.717, 1.165) is 5.52 Å². The number of nitrogens with zero attached hydrogens (tertiary/aromatic N) is 1. The van der Waals surface area contributed by atoms with Gasteiger partial charge in [-0.2, -0.15) is 0 Å². The average molecular weight is 231 g/mol. The number of hydrogen-bond donors (Lipinski definition) is 1. The monoisotopic (exact) mass is 230 g/mol. The number of halogens is 2. The summed E-state index contributed by atoms with van der Waals surface area (Å²) in [4.78, 5) is 7.29. The lowest BCUT2D eigenvalue weighted by Gasteiger charge is -2.00. The van der Waals surface area contributed by atoms with Crippen molar-refractivity contribution in [1.82, 2.24) is 9.97 Å². The van der Waals surface area contributed by atoms with Gasteiger partial charge in [-0.05, 0) is 12.1 Å². The molecule has 0 aliphatic heterocycles. The second-order valence-electron chi connectivity index (χ2n) is 2.79. The van der Waals surface area contributed by atoms with Gasteiger partial charge in [0.25, 0.3) is 0 Å². The van der Waals surface area contributed by atoms with Gasteiger partial charge in [0, 0.05) is 0 Å². The summed E-state index contributed by atoms with van der Waals surface area (Å²) in [5, 5.41) is 0.591. The number of benzene rings is 1. The van der Waals surface area contributed by atoms with E-state index in [9.17, 15) is 0 Å². The van der Waals surface area contributed by atoms with E-state index in [4.69, 9.17) is 27.9 Å². The van der Waals surface area contributed by atoms with Gasteiger partial charge in [0.05, 0.1) is 18.0 Å². The molecule has 1 heterocycles. The molecule has 14 heavy (non-hydrogen) atoms. The lowest BCUT2D eigenvalue weighted by atomic mass is 10.3. The smallest absolute Gasteiger partial charge is 0.144 e. The molecule has 0 unspecified atom stereocenters. The number of hydrogen-bond acceptors (Lipinski definition) is 2. The van der Waals surface area contributed by atoms with Crippen molar-refractivity contribution in [3.8, 4) is 5.75 Å². The van der Waals surface area contributed by atoms with E-state index in [-0.39, 0.29) is 0 Å². The molecule has 2 rings (SSSR count). The lowest BCUT2D eigenvalue weighted by Crippen LogP contribution is -1.84. The Hall–Kier alpha value is -0.930. The van der Waals surface area contributed by atoms with Crippen LogP contribution >= 0.6 is 23.2 Å². The van der Waals surface area contributed by atoms with Crippen LogP contribution in [-0.4, -0.2) is 17.1 Å². The van der Waals surface area contributed by atoms with Crippen LogP contribution in [0.3, 0.4) is 0 Å². The Morgan fingerprint density at radius 1 is 1.50 bits per heavy atom. The quantitative estimate of drug-likeness (QED) is 0.806. The molecular formula is C9H8Cl2N2O. The molecule has 0 aliphatic carbocycles. The topological polar surface area (TPSA) is 37.9 Å². The molecule has 1 aromatic carbocycles. The van der Waals surface area contributed by atoms with Gasteiger partial charge < -0.3 is 9.72 Å². The maximum atomic E-state index is 5.98. The number of methoxy groups -OCH3 is 1. The van der Waals surface area contributed by atoms with Crippen LogP contribution in [0.2, 0.25) is 5.02 Å². The first-order valence-corrected chi connectivity index (χ1v) is 4.94. The van der Waals surface area contributed by atoms with E-state index < -0.39 is 0 Å². The third-order valence-electron chi connectivity index (χ3n) is 1.95. The molecular weight excluding hydrogens is 223 g/mol. The van der Waals surface area contributed by atoms with Crippen LogP contribution in [0.4, 0.5) is 0 Å². The van der Waals surface area contributed by atoms with Crippen molar-refractivity contribution in [2.45, 2.75) is 5.88 Å². The minimum absolute atomic E-state index is 0.328. The van der Waals surface area contributed by atoms with Crippen LogP contribution in [0.5, 0.6) is 5.75 Å². The van der Waals surface area contributed by atoms with Crippen LogP contribution < -0.4 is 4.74 Å². The number of imidazole rings is 1. The van der Waals surface area contributed by atoms with Crippen LogP contribution in [-0.2, 0) is 5.88 Å². The molecule has 2 aromatic rings. The van der Waals surface area contributed by atoms with E-state index in [0.29, 0.717) is 28.0 Å². The first kappa shape index (κ1) is 9.62. The van der Waals surface area contributed by atoms with Gasteiger partial charge in [-0.1, -0.05) is 11.6 Å². The maximum absolute atomic E-state index is 5.98. The number of nitrogens with one attached hydrogen (secondary N) is 1. The molecule has 0 radical (unpaired) electrons. The fraction of sp³-hybridized carbons (Fsp3) is 0.222. The normalized spacial score (nSPS) is 10.8. The van der Waals surface area contributed by atoms with Gasteiger partial charge in [0.15, 0.2) is 0 Å². The predicted molar refractivity (Wildman–Crippen MR) is 57.2 cm³/mol. The second-order valence-corrected chi connectivity index (χ2v) is 3.46. The van der Waals surface area contributed by atoms with Crippen molar-refractivity contribution >= 4 is 34.2 Å². The number of aromatic nitrogens is 2. The highest BCUT2D eigenvalue weighted by Crippen LogP contribution is 2.29. The predicted octanol–water partition coefficient (Wildman–Crippen LogP) is 2.96. The molecule has 74 valence electrons. The van der Waals surface area contributed by atoms with Gasteiger partial charge in [0.2, 0.25) is 0 Å². The molecule has 3 nitrogen and oxygen atoms in total. The molecule has 1 N–H and O–H groups in total. The highest BCUT2D eigenvalue weighted by molar-refractivity contribution is 6.35. The van der Waals surface area contributed by atoms with E-state index in [1.165, 1.54) is 0 Å². The van der Waals surface area contributed by atoms with Gasteiger partial charge in [-0.15, -0.1) is 11.6 Å². The molecule has 0 aliphatic rings. The second kappa shape index (κ2) is 3.67. The standard InChI is InChI=1S/C9H8Cl2N2O/c1-14-6-3-2-5(11)8-9(6)13-7(4-10)12-8/h2-3H,4H2,1H3,(H,12,13). The Balaban J connectivity index is 2.74. The van der Waals surface area contributed by atoms with Crippen LogP contribution in [0, 0.1) is 0 Å². The first-order chi connectivity index (χ1) is 6.76. The Bertz CT molecular complexity index is 467. The zero-order valence-corrected chi connectivity index (χ0v) is 8.99. The van der Waals surface area contributed by atoms with Crippen molar-refractivity contribution in [3.63, 3.8) is 0 Å². The summed E-state index contributed by atoms with van der Waals surface area (Å²) in [6.07, 6.45) is 0. The summed E-state index contributed by atoms with van der Waals surface area (Å²) in [5.41, 5.74) is 1.48. The van der Waals surface area contributed by atoms with Crippen LogP contribution in [0.15, 0.2) is 12.1 Å². The number of rotatable bonds is 2. The van der Waals surface area contributed by atoms with Gasteiger partial charge in [-0.3, -0.25) is 0 Å². The first-order valence-electron chi connectivity index (χ1n) is 4.03. The Morgan fingerprint density at radius 2 is 2.29 bits per heavy atom. The summed E-state index contributed by atoms with van der Waals surface area (Å²) in [5.74, 6) is 1.73. The van der Waals surface area contributed by atoms with Crippen molar-refractivity contribution in [2.24, 2.45) is 0 Å². The van der Waals surface area contributed by atoms with Crippen molar-refractivity contribution in [3.05, 3.63) is 23.0 Å². The van der Waals surface area contributed by atoms with Gasteiger partial charge >= 0.3 is 0 Å². The summed E-state index contributed by atoms with van der Waals surface area (Å²) < 4.78 is 5.17. The van der Waals surface area contributed by atoms with Crippen LogP contribution in [0.1, 0.15) is 5.82 Å². The zero-order chi connectivity index (χ0) is 10.1. The summed E-state index contributed by atoms with van der Waals surface area (Å²) in [6.45, 7) is 0.